The number of aliphatic hydroxyl groups excluding tert-OH is 1. The first kappa shape index (κ1) is 18.3. The van der Waals surface area contributed by atoms with Gasteiger partial charge in [0.05, 0.1) is 6.10 Å². The fourth-order valence-corrected chi connectivity index (χ4v) is 1.40. The molecule has 0 rings (SSSR count). The zero-order valence-corrected chi connectivity index (χ0v) is 11.4. The number of rotatable bonds is 8. The van der Waals surface area contributed by atoms with Crippen LogP contribution in [0.15, 0.2) is 0 Å². The molecule has 2 atom stereocenters. The molecule has 3 heteroatoms. The van der Waals surface area contributed by atoms with Crippen LogP contribution >= 0.6 is 0 Å². The van der Waals surface area contributed by atoms with Gasteiger partial charge < -0.3 is 15.9 Å². The van der Waals surface area contributed by atoms with Crippen LogP contribution in [0.3, 0.4) is 0 Å². The van der Waals surface area contributed by atoms with Crippen molar-refractivity contribution in [1.29, 1.82) is 0 Å². The summed E-state index contributed by atoms with van der Waals surface area (Å²) >= 11 is 0. The van der Waals surface area contributed by atoms with Crippen molar-refractivity contribution in [2.45, 2.75) is 65.4 Å². The lowest BCUT2D eigenvalue weighted by atomic mass is 9.98. The van der Waals surface area contributed by atoms with Gasteiger partial charge >= 0.3 is 0 Å². The number of quaternary nitrogens is 1. The first-order chi connectivity index (χ1) is 7.62. The highest BCUT2D eigenvalue weighted by molar-refractivity contribution is 4.56. The summed E-state index contributed by atoms with van der Waals surface area (Å²) in [5.74, 6) is 0.464. The van der Waals surface area contributed by atoms with Crippen molar-refractivity contribution < 1.29 is 15.9 Å². The van der Waals surface area contributed by atoms with E-state index in [0.29, 0.717) is 12.5 Å². The molecule has 0 aliphatic rings. The van der Waals surface area contributed by atoms with E-state index in [0.717, 1.165) is 12.8 Å². The molecule has 4 N–H and O–H groups in total. The second-order valence-corrected chi connectivity index (χ2v) is 4.45. The van der Waals surface area contributed by atoms with Crippen molar-refractivity contribution >= 4 is 0 Å². The quantitative estimate of drug-likeness (QED) is 0.613. The average molecular weight is 233 g/mol. The third-order valence-electron chi connectivity index (χ3n) is 2.57. The summed E-state index contributed by atoms with van der Waals surface area (Å²) < 4.78 is 0. The lowest BCUT2D eigenvalue weighted by Gasteiger charge is -2.18. The van der Waals surface area contributed by atoms with Gasteiger partial charge in [-0.2, -0.15) is 0 Å². The van der Waals surface area contributed by atoms with Gasteiger partial charge in [-0.1, -0.05) is 58.3 Å². The van der Waals surface area contributed by atoms with Crippen LogP contribution in [-0.4, -0.2) is 24.4 Å². The van der Waals surface area contributed by atoms with E-state index in [1.165, 1.54) is 25.7 Å². The van der Waals surface area contributed by atoms with Crippen molar-refractivity contribution in [3.63, 3.8) is 0 Å². The minimum Gasteiger partial charge on any atom is -0.854 e. The Morgan fingerprint density at radius 2 is 1.69 bits per heavy atom. The van der Waals surface area contributed by atoms with E-state index in [1.807, 2.05) is 0 Å². The van der Waals surface area contributed by atoms with Gasteiger partial charge in [0.25, 0.3) is 0 Å². The molecule has 3 nitrogen and oxygen atoms in total. The molecule has 0 aliphatic carbocycles. The maximum atomic E-state index is 10.6. The van der Waals surface area contributed by atoms with Crippen LogP contribution in [0.2, 0.25) is 0 Å². The molecule has 100 valence electrons. The van der Waals surface area contributed by atoms with E-state index in [4.69, 9.17) is 5.11 Å². The maximum absolute atomic E-state index is 10.6. The number of hydrogen-bond acceptors (Lipinski definition) is 2. The zero-order chi connectivity index (χ0) is 12.8. The first-order valence-corrected chi connectivity index (χ1v) is 6.67. The van der Waals surface area contributed by atoms with Gasteiger partial charge in [-0.25, -0.2) is 0 Å². The average Bonchev–Trinajstić information content (AvgIpc) is 2.29. The summed E-state index contributed by atoms with van der Waals surface area (Å²) in [7, 11) is 0. The normalized spacial score (nSPS) is 13.9. The lowest BCUT2D eigenvalue weighted by molar-refractivity contribution is -0.382. The highest BCUT2D eigenvalue weighted by atomic mass is 16.3. The molecule has 0 saturated carbocycles. The second kappa shape index (κ2) is 14.9. The minimum absolute atomic E-state index is 0.136. The van der Waals surface area contributed by atoms with E-state index in [2.05, 4.69) is 19.6 Å². The molecule has 0 radical (unpaired) electrons. The maximum Gasteiger partial charge on any atom is 0.100 e. The Morgan fingerprint density at radius 1 is 1.12 bits per heavy atom. The predicted molar refractivity (Wildman–Crippen MR) is 66.8 cm³/mol. The highest BCUT2D eigenvalue weighted by Gasteiger charge is 2.00. The second-order valence-electron chi connectivity index (χ2n) is 4.45. The van der Waals surface area contributed by atoms with E-state index in [-0.39, 0.29) is 12.7 Å². The molecule has 0 saturated heterocycles. The molecule has 0 aromatic carbocycles. The van der Waals surface area contributed by atoms with Crippen LogP contribution in [0.1, 0.15) is 59.3 Å². The van der Waals surface area contributed by atoms with Crippen molar-refractivity contribution in [1.82, 2.24) is 0 Å². The van der Waals surface area contributed by atoms with Gasteiger partial charge in [0.15, 0.2) is 0 Å². The van der Waals surface area contributed by atoms with E-state index < -0.39 is 0 Å². The molecule has 0 aromatic heterocycles. The van der Waals surface area contributed by atoms with Gasteiger partial charge in [-0.05, 0) is 6.92 Å². The first-order valence-electron chi connectivity index (χ1n) is 6.67. The van der Waals surface area contributed by atoms with Crippen LogP contribution in [0.25, 0.3) is 0 Å². The Bertz CT molecular complexity index is 119. The molecule has 0 spiro atoms. The van der Waals surface area contributed by atoms with Crippen LogP contribution in [0.4, 0.5) is 0 Å². The van der Waals surface area contributed by atoms with Gasteiger partial charge in [0, 0.05) is 0 Å². The molecule has 2 unspecified atom stereocenters. The van der Waals surface area contributed by atoms with Crippen LogP contribution in [-0.2, 0) is 0 Å². The number of hydrogen-bond donors (Lipinski definition) is 2. The zero-order valence-electron chi connectivity index (χ0n) is 11.4. The molecule has 0 heterocycles. The smallest absolute Gasteiger partial charge is 0.100 e. The minimum atomic E-state index is -0.227. The van der Waals surface area contributed by atoms with Crippen molar-refractivity contribution in [3.05, 3.63) is 0 Å². The molecular weight excluding hydrogens is 202 g/mol. The van der Waals surface area contributed by atoms with Crippen molar-refractivity contribution in [2.24, 2.45) is 5.92 Å². The predicted octanol–water partition coefficient (Wildman–Crippen LogP) is 0.952. The Balaban J connectivity index is 0. The standard InChI is InChI=1S/C10H21O.C3H9NO/c1-3-5-6-8-10(9-11)7-4-2;1-3(5)2-4/h10H,3-9H2,1-2H3;3,5H,2,4H2,1H3/q-1;/p+1. The molecule has 0 aliphatic heterocycles. The number of aliphatic hydroxyl groups is 1. The van der Waals surface area contributed by atoms with Gasteiger partial charge in [-0.15, -0.1) is 6.61 Å². The SMILES string of the molecule is CC(O)C[NH3+].CCCCCC(C[O-])CCC. The summed E-state index contributed by atoms with van der Waals surface area (Å²) in [6.45, 7) is 6.82. The molecular formula is C13H31NO2. The topological polar surface area (TPSA) is 70.9 Å². The van der Waals surface area contributed by atoms with Gasteiger partial charge in [0.2, 0.25) is 0 Å². The fourth-order valence-electron chi connectivity index (χ4n) is 1.40. The summed E-state index contributed by atoms with van der Waals surface area (Å²) in [6, 6.07) is 0. The Hall–Kier alpha value is -0.120. The monoisotopic (exact) mass is 233 g/mol. The summed E-state index contributed by atoms with van der Waals surface area (Å²) in [4.78, 5) is 0. The molecule has 16 heavy (non-hydrogen) atoms. The van der Waals surface area contributed by atoms with Crippen molar-refractivity contribution in [3.8, 4) is 0 Å². The lowest BCUT2D eigenvalue weighted by Crippen LogP contribution is -2.54. The Labute approximate surface area is 101 Å². The van der Waals surface area contributed by atoms with Gasteiger partial charge in [0.1, 0.15) is 6.54 Å². The van der Waals surface area contributed by atoms with Crippen LogP contribution < -0.4 is 10.8 Å². The van der Waals surface area contributed by atoms with Crippen molar-refractivity contribution in [2.75, 3.05) is 13.2 Å². The fraction of sp³-hybridized carbons (Fsp3) is 1.00. The van der Waals surface area contributed by atoms with E-state index in [1.54, 1.807) is 6.92 Å². The number of unbranched alkanes of at least 4 members (excludes halogenated alkanes) is 2. The van der Waals surface area contributed by atoms with E-state index in [9.17, 15) is 5.11 Å². The summed E-state index contributed by atoms with van der Waals surface area (Å²) in [5.41, 5.74) is 3.44. The Kier molecular flexibility index (Phi) is 17.0. The molecule has 0 aromatic rings. The van der Waals surface area contributed by atoms with E-state index >= 15 is 0 Å². The van der Waals surface area contributed by atoms with Gasteiger partial charge in [-0.3, -0.25) is 0 Å². The third-order valence-corrected chi connectivity index (χ3v) is 2.57. The molecule has 0 amide bonds. The molecule has 0 fully saturated rings. The third kappa shape index (κ3) is 16.3. The van der Waals surface area contributed by atoms with Crippen LogP contribution in [0.5, 0.6) is 0 Å². The highest BCUT2D eigenvalue weighted by Crippen LogP contribution is 2.13. The largest absolute Gasteiger partial charge is 0.854 e. The molecule has 0 bridgehead atoms. The Morgan fingerprint density at radius 3 is 2.00 bits per heavy atom. The summed E-state index contributed by atoms with van der Waals surface area (Å²) in [6.07, 6.45) is 7.04. The summed E-state index contributed by atoms with van der Waals surface area (Å²) in [5, 5.41) is 18.9. The van der Waals surface area contributed by atoms with Crippen LogP contribution in [0, 0.1) is 5.92 Å².